The van der Waals surface area contributed by atoms with E-state index in [9.17, 15) is 4.79 Å². The van der Waals surface area contributed by atoms with Crippen molar-refractivity contribution in [2.24, 2.45) is 0 Å². The summed E-state index contributed by atoms with van der Waals surface area (Å²) in [4.78, 5) is 14.5. The average Bonchev–Trinajstić information content (AvgIpc) is 2.15. The Hall–Kier alpha value is -1.15. The van der Waals surface area contributed by atoms with Gasteiger partial charge in [-0.15, -0.1) is 11.6 Å². The summed E-state index contributed by atoms with van der Waals surface area (Å²) in [6, 6.07) is 3.44. The maximum atomic E-state index is 10.5. The Morgan fingerprint density at radius 3 is 3.08 bits per heavy atom. The molecule has 0 aromatic carbocycles. The summed E-state index contributed by atoms with van der Waals surface area (Å²) < 4.78 is 0. The first kappa shape index (κ1) is 8.94. The van der Waals surface area contributed by atoms with Gasteiger partial charge in [0, 0.05) is 17.6 Å². The lowest BCUT2D eigenvalue weighted by Crippen LogP contribution is -1.88. The Morgan fingerprint density at radius 1 is 1.58 bits per heavy atom. The SMILES string of the molecule is O=Cc1cccnc1C=CCCl. The quantitative estimate of drug-likeness (QED) is 0.528. The van der Waals surface area contributed by atoms with Crippen LogP contribution in [-0.2, 0) is 0 Å². The Kier molecular flexibility index (Phi) is 3.48. The Morgan fingerprint density at radius 2 is 2.42 bits per heavy atom. The number of carbonyl (C=O) groups is 1. The second kappa shape index (κ2) is 4.67. The third kappa shape index (κ3) is 2.17. The fourth-order valence-corrected chi connectivity index (χ4v) is 0.914. The first-order valence-corrected chi connectivity index (χ1v) is 4.04. The number of carbonyl (C=O) groups excluding carboxylic acids is 1. The minimum absolute atomic E-state index is 0.425. The van der Waals surface area contributed by atoms with Crippen molar-refractivity contribution in [3.63, 3.8) is 0 Å². The molecule has 1 rings (SSSR count). The molecule has 0 fully saturated rings. The van der Waals surface area contributed by atoms with Gasteiger partial charge in [-0.2, -0.15) is 0 Å². The van der Waals surface area contributed by atoms with Crippen LogP contribution in [0, 0.1) is 0 Å². The number of rotatable bonds is 3. The summed E-state index contributed by atoms with van der Waals surface area (Å²) >= 11 is 5.44. The van der Waals surface area contributed by atoms with Gasteiger partial charge in [-0.05, 0) is 18.2 Å². The second-order valence-electron chi connectivity index (χ2n) is 2.15. The molecule has 0 N–H and O–H groups in total. The molecule has 0 unspecified atom stereocenters. The number of hydrogen-bond acceptors (Lipinski definition) is 2. The molecule has 12 heavy (non-hydrogen) atoms. The zero-order chi connectivity index (χ0) is 8.81. The smallest absolute Gasteiger partial charge is 0.152 e. The van der Waals surface area contributed by atoms with Gasteiger partial charge in [-0.25, -0.2) is 0 Å². The Bertz CT molecular complexity index is 296. The second-order valence-corrected chi connectivity index (χ2v) is 2.46. The zero-order valence-corrected chi connectivity index (χ0v) is 7.16. The van der Waals surface area contributed by atoms with E-state index in [0.717, 1.165) is 6.29 Å². The van der Waals surface area contributed by atoms with Gasteiger partial charge < -0.3 is 0 Å². The fraction of sp³-hybridized carbons (Fsp3) is 0.111. The van der Waals surface area contributed by atoms with E-state index in [-0.39, 0.29) is 0 Å². The number of alkyl halides is 1. The Labute approximate surface area is 75.9 Å². The summed E-state index contributed by atoms with van der Waals surface area (Å²) in [5.74, 6) is 0.425. The molecule has 1 heterocycles. The highest BCUT2D eigenvalue weighted by molar-refractivity contribution is 6.19. The van der Waals surface area contributed by atoms with E-state index in [1.54, 1.807) is 30.5 Å². The number of aromatic nitrogens is 1. The van der Waals surface area contributed by atoms with Gasteiger partial charge in [-0.3, -0.25) is 9.78 Å². The van der Waals surface area contributed by atoms with Gasteiger partial charge in [0.25, 0.3) is 0 Å². The van der Waals surface area contributed by atoms with Crippen molar-refractivity contribution in [2.75, 3.05) is 5.88 Å². The van der Waals surface area contributed by atoms with Gasteiger partial charge >= 0.3 is 0 Å². The topological polar surface area (TPSA) is 30.0 Å². The van der Waals surface area contributed by atoms with Crippen LogP contribution in [0.4, 0.5) is 0 Å². The summed E-state index contributed by atoms with van der Waals surface area (Å²) in [5, 5.41) is 0. The number of halogens is 1. The number of hydrogen-bond donors (Lipinski definition) is 0. The number of pyridine rings is 1. The third-order valence-corrected chi connectivity index (χ3v) is 1.54. The highest BCUT2D eigenvalue weighted by Crippen LogP contribution is 2.04. The van der Waals surface area contributed by atoms with E-state index in [1.807, 2.05) is 0 Å². The van der Waals surface area contributed by atoms with E-state index in [2.05, 4.69) is 4.98 Å². The molecular formula is C9H8ClNO. The van der Waals surface area contributed by atoms with E-state index in [0.29, 0.717) is 17.1 Å². The minimum Gasteiger partial charge on any atom is -0.298 e. The Balaban J connectivity index is 2.96. The average molecular weight is 182 g/mol. The monoisotopic (exact) mass is 181 g/mol. The van der Waals surface area contributed by atoms with Crippen LogP contribution in [0.15, 0.2) is 24.4 Å². The van der Waals surface area contributed by atoms with Crippen molar-refractivity contribution in [1.82, 2.24) is 4.98 Å². The maximum Gasteiger partial charge on any atom is 0.152 e. The lowest BCUT2D eigenvalue weighted by molar-refractivity contribution is 0.112. The lowest BCUT2D eigenvalue weighted by Gasteiger charge is -1.94. The number of nitrogens with zero attached hydrogens (tertiary/aromatic N) is 1. The molecule has 0 aliphatic rings. The zero-order valence-electron chi connectivity index (χ0n) is 6.40. The molecule has 0 atom stereocenters. The van der Waals surface area contributed by atoms with Crippen molar-refractivity contribution in [3.8, 4) is 0 Å². The van der Waals surface area contributed by atoms with Crippen LogP contribution >= 0.6 is 11.6 Å². The van der Waals surface area contributed by atoms with Gasteiger partial charge in [0.05, 0.1) is 5.69 Å². The lowest BCUT2D eigenvalue weighted by atomic mass is 10.2. The van der Waals surface area contributed by atoms with Gasteiger partial charge in [0.15, 0.2) is 6.29 Å². The molecule has 0 saturated heterocycles. The fourth-order valence-electron chi connectivity index (χ4n) is 0.825. The molecule has 0 amide bonds. The number of aldehydes is 1. The predicted molar refractivity (Wildman–Crippen MR) is 49.4 cm³/mol. The van der Waals surface area contributed by atoms with Crippen molar-refractivity contribution in [3.05, 3.63) is 35.7 Å². The number of allylic oxidation sites excluding steroid dienone is 1. The van der Waals surface area contributed by atoms with Crippen LogP contribution in [0.3, 0.4) is 0 Å². The maximum absolute atomic E-state index is 10.5. The van der Waals surface area contributed by atoms with Gasteiger partial charge in [0.1, 0.15) is 0 Å². The molecule has 0 aliphatic carbocycles. The van der Waals surface area contributed by atoms with Crippen molar-refractivity contribution in [2.45, 2.75) is 0 Å². The van der Waals surface area contributed by atoms with Crippen molar-refractivity contribution in [1.29, 1.82) is 0 Å². The van der Waals surface area contributed by atoms with Crippen LogP contribution in [0.1, 0.15) is 16.1 Å². The summed E-state index contributed by atoms with van der Waals surface area (Å²) in [6.07, 6.45) is 5.90. The van der Waals surface area contributed by atoms with Crippen LogP contribution in [0.25, 0.3) is 6.08 Å². The summed E-state index contributed by atoms with van der Waals surface area (Å²) in [7, 11) is 0. The molecule has 0 bridgehead atoms. The highest BCUT2D eigenvalue weighted by atomic mass is 35.5. The largest absolute Gasteiger partial charge is 0.298 e. The van der Waals surface area contributed by atoms with Crippen LogP contribution in [-0.4, -0.2) is 17.2 Å². The minimum atomic E-state index is 0.425. The highest BCUT2D eigenvalue weighted by Gasteiger charge is 1.95. The van der Waals surface area contributed by atoms with Crippen molar-refractivity contribution < 1.29 is 4.79 Å². The van der Waals surface area contributed by atoms with E-state index in [4.69, 9.17) is 11.6 Å². The first-order valence-electron chi connectivity index (χ1n) is 3.51. The third-order valence-electron chi connectivity index (χ3n) is 1.36. The van der Waals surface area contributed by atoms with E-state index >= 15 is 0 Å². The van der Waals surface area contributed by atoms with Crippen LogP contribution in [0.5, 0.6) is 0 Å². The normalized spacial score (nSPS) is 10.4. The molecule has 0 spiro atoms. The molecule has 0 radical (unpaired) electrons. The van der Waals surface area contributed by atoms with E-state index in [1.165, 1.54) is 0 Å². The summed E-state index contributed by atoms with van der Waals surface area (Å²) in [5.41, 5.74) is 1.24. The molecule has 1 aromatic heterocycles. The standard InChI is InChI=1S/C9H8ClNO/c10-5-1-4-9-8(7-12)3-2-6-11-9/h1-4,6-7H,5H2. The summed E-state index contributed by atoms with van der Waals surface area (Å²) in [6.45, 7) is 0. The molecule has 62 valence electrons. The molecular weight excluding hydrogens is 174 g/mol. The van der Waals surface area contributed by atoms with Gasteiger partial charge in [0.2, 0.25) is 0 Å². The van der Waals surface area contributed by atoms with E-state index < -0.39 is 0 Å². The van der Waals surface area contributed by atoms with Crippen LogP contribution in [0.2, 0.25) is 0 Å². The molecule has 1 aromatic rings. The first-order chi connectivity index (χ1) is 5.88. The van der Waals surface area contributed by atoms with Gasteiger partial charge in [-0.1, -0.05) is 6.08 Å². The molecule has 0 aliphatic heterocycles. The van der Waals surface area contributed by atoms with Crippen LogP contribution < -0.4 is 0 Å². The molecule has 3 heteroatoms. The van der Waals surface area contributed by atoms with Crippen molar-refractivity contribution >= 4 is 24.0 Å². The molecule has 2 nitrogen and oxygen atoms in total. The molecule has 0 saturated carbocycles. The predicted octanol–water partition coefficient (Wildman–Crippen LogP) is 2.15.